The molecule has 1 aliphatic carbocycles. The third-order valence-electron chi connectivity index (χ3n) is 13.1. The number of benzene rings is 10. The predicted octanol–water partition coefficient (Wildman–Crippen LogP) is 16.7. The molecule has 0 amide bonds. The number of nitrogens with zero attached hydrogens (tertiary/aromatic N) is 1. The van der Waals surface area contributed by atoms with E-state index in [1.165, 1.54) is 77.2 Å². The van der Waals surface area contributed by atoms with E-state index in [0.717, 1.165) is 39.0 Å². The van der Waals surface area contributed by atoms with Gasteiger partial charge in [-0.25, -0.2) is 0 Å². The highest BCUT2D eigenvalue weighted by molar-refractivity contribution is 6.23. The van der Waals surface area contributed by atoms with Gasteiger partial charge in [-0.05, 0) is 132 Å². The SMILES string of the molecule is CC1(C)c2cc(-c3ccc4c(ccc5ccc6c7ccccc7oc6c54)c3)ccc2-c2ccc(N(c3ccc(-c4ccccc4)cc3)c3ccc(-c4ccccc4)cc3)cc21. The van der Waals surface area contributed by atoms with Gasteiger partial charge in [0.25, 0.3) is 0 Å². The van der Waals surface area contributed by atoms with E-state index in [9.17, 15) is 0 Å². The summed E-state index contributed by atoms with van der Waals surface area (Å²) in [6.45, 7) is 4.76. The van der Waals surface area contributed by atoms with Gasteiger partial charge in [0.2, 0.25) is 0 Å². The zero-order valence-corrected chi connectivity index (χ0v) is 34.1. The van der Waals surface area contributed by atoms with Crippen molar-refractivity contribution in [2.45, 2.75) is 19.3 Å². The van der Waals surface area contributed by atoms with E-state index in [1.54, 1.807) is 0 Å². The van der Waals surface area contributed by atoms with E-state index >= 15 is 0 Å². The maximum Gasteiger partial charge on any atom is 0.143 e. The summed E-state index contributed by atoms with van der Waals surface area (Å²) in [6.07, 6.45) is 0. The molecule has 0 aliphatic heterocycles. The van der Waals surface area contributed by atoms with Gasteiger partial charge in [0.05, 0.1) is 0 Å². The lowest BCUT2D eigenvalue weighted by Crippen LogP contribution is -2.16. The molecular formula is C59H41NO. The van der Waals surface area contributed by atoms with Gasteiger partial charge in [0, 0.05) is 38.6 Å². The molecule has 1 aromatic heterocycles. The lowest BCUT2D eigenvalue weighted by molar-refractivity contribution is 0.660. The number of hydrogen-bond donors (Lipinski definition) is 0. The van der Waals surface area contributed by atoms with E-state index in [1.807, 2.05) is 6.07 Å². The minimum atomic E-state index is -0.212. The van der Waals surface area contributed by atoms with Crippen molar-refractivity contribution >= 4 is 60.5 Å². The predicted molar refractivity (Wildman–Crippen MR) is 257 cm³/mol. The van der Waals surface area contributed by atoms with Crippen LogP contribution in [0.4, 0.5) is 17.1 Å². The molecule has 2 nitrogen and oxygen atoms in total. The van der Waals surface area contributed by atoms with Crippen LogP contribution in [-0.2, 0) is 5.41 Å². The van der Waals surface area contributed by atoms with Gasteiger partial charge in [-0.3, -0.25) is 0 Å². The fourth-order valence-electron chi connectivity index (χ4n) is 9.87. The van der Waals surface area contributed by atoms with Crippen LogP contribution in [-0.4, -0.2) is 0 Å². The van der Waals surface area contributed by atoms with E-state index in [0.29, 0.717) is 0 Å². The fourth-order valence-corrected chi connectivity index (χ4v) is 9.87. The van der Waals surface area contributed by atoms with Gasteiger partial charge in [0.15, 0.2) is 0 Å². The summed E-state index contributed by atoms with van der Waals surface area (Å²) in [5.74, 6) is 0. The van der Waals surface area contributed by atoms with E-state index in [-0.39, 0.29) is 5.41 Å². The van der Waals surface area contributed by atoms with Crippen molar-refractivity contribution in [3.63, 3.8) is 0 Å². The van der Waals surface area contributed by atoms with Gasteiger partial charge < -0.3 is 9.32 Å². The third-order valence-corrected chi connectivity index (χ3v) is 13.1. The highest BCUT2D eigenvalue weighted by Gasteiger charge is 2.36. The number of hydrogen-bond acceptors (Lipinski definition) is 2. The van der Waals surface area contributed by atoms with Crippen LogP contribution >= 0.6 is 0 Å². The second-order valence-electron chi connectivity index (χ2n) is 16.9. The monoisotopic (exact) mass is 779 g/mol. The summed E-state index contributed by atoms with van der Waals surface area (Å²) in [5.41, 5.74) is 17.6. The maximum absolute atomic E-state index is 6.51. The van der Waals surface area contributed by atoms with Gasteiger partial charge in [-0.15, -0.1) is 0 Å². The number of fused-ring (bicyclic) bond motifs is 10. The molecule has 0 spiro atoms. The highest BCUT2D eigenvalue weighted by atomic mass is 16.3. The molecule has 10 aromatic carbocycles. The smallest absolute Gasteiger partial charge is 0.143 e. The van der Waals surface area contributed by atoms with Crippen molar-refractivity contribution in [3.8, 4) is 44.5 Å². The second kappa shape index (κ2) is 13.7. The van der Waals surface area contributed by atoms with Crippen molar-refractivity contribution in [2.75, 3.05) is 4.90 Å². The molecule has 0 radical (unpaired) electrons. The van der Waals surface area contributed by atoms with Crippen LogP contribution in [0.25, 0.3) is 88.0 Å². The Morgan fingerprint density at radius 1 is 0.361 bits per heavy atom. The minimum absolute atomic E-state index is 0.212. The van der Waals surface area contributed by atoms with Gasteiger partial charge >= 0.3 is 0 Å². The summed E-state index contributed by atoms with van der Waals surface area (Å²) >= 11 is 0. The Hall–Kier alpha value is -7.68. The Morgan fingerprint density at radius 3 is 1.54 bits per heavy atom. The molecule has 1 aliphatic rings. The van der Waals surface area contributed by atoms with Crippen LogP contribution in [0.2, 0.25) is 0 Å². The quantitative estimate of drug-likeness (QED) is 0.156. The number of rotatable bonds is 6. The lowest BCUT2D eigenvalue weighted by atomic mass is 9.81. The van der Waals surface area contributed by atoms with Crippen molar-refractivity contribution in [1.82, 2.24) is 0 Å². The minimum Gasteiger partial charge on any atom is -0.455 e. The molecule has 0 N–H and O–H groups in total. The molecule has 12 rings (SSSR count). The van der Waals surface area contributed by atoms with Crippen LogP contribution in [0.3, 0.4) is 0 Å². The molecule has 2 heteroatoms. The summed E-state index contributed by atoms with van der Waals surface area (Å²) in [7, 11) is 0. The molecule has 0 bridgehead atoms. The number of anilines is 3. The molecule has 288 valence electrons. The largest absolute Gasteiger partial charge is 0.455 e. The van der Waals surface area contributed by atoms with Crippen molar-refractivity contribution in [1.29, 1.82) is 0 Å². The summed E-state index contributed by atoms with van der Waals surface area (Å²) in [5, 5.41) is 7.10. The molecule has 0 atom stereocenters. The first-order valence-corrected chi connectivity index (χ1v) is 21.2. The highest BCUT2D eigenvalue weighted by Crippen LogP contribution is 2.52. The van der Waals surface area contributed by atoms with Crippen molar-refractivity contribution in [2.24, 2.45) is 0 Å². The topological polar surface area (TPSA) is 16.4 Å². The average Bonchev–Trinajstić information content (AvgIpc) is 3.81. The fraction of sp³-hybridized carbons (Fsp3) is 0.0508. The third kappa shape index (κ3) is 5.71. The first-order chi connectivity index (χ1) is 30.0. The molecule has 0 saturated heterocycles. The lowest BCUT2D eigenvalue weighted by Gasteiger charge is -2.28. The van der Waals surface area contributed by atoms with Crippen LogP contribution in [0.5, 0.6) is 0 Å². The molecule has 61 heavy (non-hydrogen) atoms. The summed E-state index contributed by atoms with van der Waals surface area (Å²) < 4.78 is 6.51. The van der Waals surface area contributed by atoms with E-state index in [2.05, 4.69) is 225 Å². The molecule has 0 fully saturated rings. The molecule has 0 unspecified atom stereocenters. The zero-order chi connectivity index (χ0) is 40.7. The van der Waals surface area contributed by atoms with Gasteiger partial charge in [-0.1, -0.05) is 166 Å². The maximum atomic E-state index is 6.51. The van der Waals surface area contributed by atoms with E-state index < -0.39 is 0 Å². The molecule has 1 heterocycles. The van der Waals surface area contributed by atoms with Crippen LogP contribution in [0.1, 0.15) is 25.0 Å². The molecule has 11 aromatic rings. The number of furan rings is 1. The Balaban J connectivity index is 0.924. The standard InChI is InChI=1S/C59H41NO/c1-59(2)54-36-44(43-24-31-49-45(35-43)18-17-42-23-33-53-52-15-9-10-16-56(52)61-58(53)57(42)49)25-32-50(54)51-34-30-48(37-55(51)59)60(46-26-19-40(20-27-46)38-11-5-3-6-12-38)47-28-21-41(22-29-47)39-13-7-4-8-14-39/h3-37H,1-2H3. The van der Waals surface area contributed by atoms with Crippen LogP contribution in [0.15, 0.2) is 217 Å². The Bertz CT molecular complexity index is 3390. The first kappa shape index (κ1) is 35.3. The Kier molecular flexibility index (Phi) is 7.92. The summed E-state index contributed by atoms with van der Waals surface area (Å²) in [6, 6.07) is 77.4. The Labute approximate surface area is 355 Å². The normalized spacial score (nSPS) is 12.9. The van der Waals surface area contributed by atoms with Crippen molar-refractivity contribution in [3.05, 3.63) is 223 Å². The zero-order valence-electron chi connectivity index (χ0n) is 34.1. The van der Waals surface area contributed by atoms with E-state index in [4.69, 9.17) is 4.42 Å². The van der Waals surface area contributed by atoms with Gasteiger partial charge in [0.1, 0.15) is 11.2 Å². The molecular weight excluding hydrogens is 739 g/mol. The van der Waals surface area contributed by atoms with Crippen molar-refractivity contribution < 1.29 is 4.42 Å². The summed E-state index contributed by atoms with van der Waals surface area (Å²) in [4.78, 5) is 2.40. The van der Waals surface area contributed by atoms with Gasteiger partial charge in [-0.2, -0.15) is 0 Å². The first-order valence-electron chi connectivity index (χ1n) is 21.2. The van der Waals surface area contributed by atoms with Crippen LogP contribution < -0.4 is 4.90 Å². The average molecular weight is 780 g/mol. The Morgan fingerprint density at radius 2 is 0.852 bits per heavy atom. The van der Waals surface area contributed by atoms with Crippen LogP contribution in [0, 0.1) is 0 Å². The molecule has 0 saturated carbocycles. The second-order valence-corrected chi connectivity index (χ2v) is 16.9. The number of para-hydroxylation sites is 1.